The predicted molar refractivity (Wildman–Crippen MR) is 53.9 cm³/mol. The summed E-state index contributed by atoms with van der Waals surface area (Å²) in [5.41, 5.74) is -1.80. The summed E-state index contributed by atoms with van der Waals surface area (Å²) in [5.74, 6) is -0.371. The van der Waals surface area contributed by atoms with Gasteiger partial charge in [0.15, 0.2) is 0 Å². The molecule has 0 spiro atoms. The third-order valence-electron chi connectivity index (χ3n) is 2.73. The monoisotopic (exact) mass is 238 g/mol. The number of unbranched alkanes of at least 4 members (excludes halogenated alkanes) is 1. The van der Waals surface area contributed by atoms with Gasteiger partial charge in [0, 0.05) is 6.54 Å². The first kappa shape index (κ1) is 13.3. The Kier molecular flexibility index (Phi) is 4.18. The Bertz CT molecular complexity index is 249. The van der Waals surface area contributed by atoms with Gasteiger partial charge in [0.2, 0.25) is 5.91 Å². The second-order valence-corrected chi connectivity index (χ2v) is 4.14. The van der Waals surface area contributed by atoms with Crippen LogP contribution in [0.25, 0.3) is 0 Å². The molecular weight excluding hydrogens is 221 g/mol. The summed E-state index contributed by atoms with van der Waals surface area (Å²) in [6.45, 7) is 2.24. The third-order valence-corrected chi connectivity index (χ3v) is 2.73. The number of halogens is 3. The van der Waals surface area contributed by atoms with E-state index in [0.717, 1.165) is 12.8 Å². The summed E-state index contributed by atoms with van der Waals surface area (Å²) < 4.78 is 37.4. The number of amides is 1. The van der Waals surface area contributed by atoms with Gasteiger partial charge in [0.25, 0.3) is 0 Å². The molecule has 0 aromatic rings. The number of nitrogens with one attached hydrogen (secondary N) is 2. The van der Waals surface area contributed by atoms with Gasteiger partial charge in [0.1, 0.15) is 5.54 Å². The summed E-state index contributed by atoms with van der Waals surface area (Å²) in [4.78, 5) is 11.2. The van der Waals surface area contributed by atoms with Gasteiger partial charge in [-0.1, -0.05) is 13.3 Å². The van der Waals surface area contributed by atoms with E-state index in [1.54, 1.807) is 0 Å². The zero-order valence-electron chi connectivity index (χ0n) is 9.28. The molecule has 1 aliphatic carbocycles. The molecule has 1 rings (SSSR count). The normalized spacial score (nSPS) is 18.2. The van der Waals surface area contributed by atoms with Gasteiger partial charge in [-0.3, -0.25) is 10.1 Å². The van der Waals surface area contributed by atoms with Crippen LogP contribution in [0.5, 0.6) is 0 Å². The highest BCUT2D eigenvalue weighted by molar-refractivity contribution is 5.78. The zero-order chi connectivity index (χ0) is 12.2. The van der Waals surface area contributed by atoms with Crippen LogP contribution in [0.1, 0.15) is 32.6 Å². The van der Waals surface area contributed by atoms with Gasteiger partial charge in [0.05, 0.1) is 6.54 Å². The van der Waals surface area contributed by atoms with Crippen molar-refractivity contribution in [1.29, 1.82) is 0 Å². The SMILES string of the molecule is CCCCNC(=O)CNC1(C(F)(F)F)CC1. The topological polar surface area (TPSA) is 41.1 Å². The minimum atomic E-state index is -4.25. The van der Waals surface area contributed by atoms with Crippen LogP contribution in [-0.4, -0.2) is 30.7 Å². The molecule has 0 atom stereocenters. The molecule has 1 fully saturated rings. The molecule has 16 heavy (non-hydrogen) atoms. The number of carbonyl (C=O) groups is 1. The largest absolute Gasteiger partial charge is 0.406 e. The van der Waals surface area contributed by atoms with E-state index in [9.17, 15) is 18.0 Å². The van der Waals surface area contributed by atoms with Crippen LogP contribution in [0.4, 0.5) is 13.2 Å². The average Bonchev–Trinajstić information content (AvgIpc) is 2.95. The quantitative estimate of drug-likeness (QED) is 0.690. The van der Waals surface area contributed by atoms with Crippen molar-refractivity contribution in [3.8, 4) is 0 Å². The number of rotatable bonds is 6. The van der Waals surface area contributed by atoms with E-state index in [0.29, 0.717) is 6.54 Å². The molecule has 0 aromatic heterocycles. The lowest BCUT2D eigenvalue weighted by Gasteiger charge is -2.20. The summed E-state index contributed by atoms with van der Waals surface area (Å²) >= 11 is 0. The zero-order valence-corrected chi connectivity index (χ0v) is 9.28. The first-order valence-corrected chi connectivity index (χ1v) is 5.50. The summed E-state index contributed by atoms with van der Waals surface area (Å²) in [6, 6.07) is 0. The average molecular weight is 238 g/mol. The molecular formula is C10H17F3N2O. The molecule has 0 saturated heterocycles. The van der Waals surface area contributed by atoms with Crippen molar-refractivity contribution in [2.75, 3.05) is 13.1 Å². The van der Waals surface area contributed by atoms with Crippen molar-refractivity contribution in [2.24, 2.45) is 0 Å². The van der Waals surface area contributed by atoms with Crippen molar-refractivity contribution in [1.82, 2.24) is 10.6 Å². The van der Waals surface area contributed by atoms with Crippen LogP contribution in [0.2, 0.25) is 0 Å². The van der Waals surface area contributed by atoms with Crippen molar-refractivity contribution in [2.45, 2.75) is 44.3 Å². The van der Waals surface area contributed by atoms with Gasteiger partial charge in [-0.2, -0.15) is 13.2 Å². The molecule has 0 radical (unpaired) electrons. The molecule has 0 bridgehead atoms. The van der Waals surface area contributed by atoms with Gasteiger partial charge in [-0.05, 0) is 19.3 Å². The second kappa shape index (κ2) is 5.03. The van der Waals surface area contributed by atoms with Crippen LogP contribution >= 0.6 is 0 Å². The van der Waals surface area contributed by atoms with E-state index in [1.807, 2.05) is 6.92 Å². The Labute approximate surface area is 92.8 Å². The second-order valence-electron chi connectivity index (χ2n) is 4.14. The number of alkyl halides is 3. The highest BCUT2D eigenvalue weighted by Crippen LogP contribution is 2.48. The van der Waals surface area contributed by atoms with Crippen LogP contribution in [-0.2, 0) is 4.79 Å². The summed E-state index contributed by atoms with van der Waals surface area (Å²) in [6.07, 6.45) is -2.33. The Morgan fingerprint density at radius 1 is 1.38 bits per heavy atom. The maximum absolute atomic E-state index is 12.5. The molecule has 94 valence electrons. The maximum Gasteiger partial charge on any atom is 0.406 e. The summed E-state index contributed by atoms with van der Waals surface area (Å²) in [5, 5.41) is 4.87. The fraction of sp³-hybridized carbons (Fsp3) is 0.900. The van der Waals surface area contributed by atoms with Gasteiger partial charge >= 0.3 is 6.18 Å². The van der Waals surface area contributed by atoms with Crippen molar-refractivity contribution in [3.05, 3.63) is 0 Å². The highest BCUT2D eigenvalue weighted by atomic mass is 19.4. The number of carbonyl (C=O) groups excluding carboxylic acids is 1. The first-order valence-electron chi connectivity index (χ1n) is 5.50. The van der Waals surface area contributed by atoms with Crippen LogP contribution in [0.15, 0.2) is 0 Å². The fourth-order valence-corrected chi connectivity index (χ4v) is 1.40. The molecule has 1 aliphatic rings. The number of hydrogen-bond acceptors (Lipinski definition) is 2. The lowest BCUT2D eigenvalue weighted by Crippen LogP contribution is -2.48. The number of hydrogen-bond donors (Lipinski definition) is 2. The van der Waals surface area contributed by atoms with Crippen molar-refractivity contribution in [3.63, 3.8) is 0 Å². The van der Waals surface area contributed by atoms with Crippen molar-refractivity contribution < 1.29 is 18.0 Å². The fourth-order valence-electron chi connectivity index (χ4n) is 1.40. The van der Waals surface area contributed by atoms with E-state index >= 15 is 0 Å². The van der Waals surface area contributed by atoms with Gasteiger partial charge in [-0.15, -0.1) is 0 Å². The van der Waals surface area contributed by atoms with Crippen molar-refractivity contribution >= 4 is 5.91 Å². The Hall–Kier alpha value is -0.780. The lowest BCUT2D eigenvalue weighted by molar-refractivity contribution is -0.166. The Balaban J connectivity index is 2.22. The molecule has 1 saturated carbocycles. The highest BCUT2D eigenvalue weighted by Gasteiger charge is 2.63. The Morgan fingerprint density at radius 3 is 2.44 bits per heavy atom. The molecule has 1 amide bonds. The van der Waals surface area contributed by atoms with Gasteiger partial charge in [-0.25, -0.2) is 0 Å². The van der Waals surface area contributed by atoms with Crippen LogP contribution in [0, 0.1) is 0 Å². The molecule has 0 aromatic carbocycles. The molecule has 2 N–H and O–H groups in total. The van der Waals surface area contributed by atoms with Crippen LogP contribution in [0.3, 0.4) is 0 Å². The summed E-state index contributed by atoms with van der Waals surface area (Å²) in [7, 11) is 0. The van der Waals surface area contributed by atoms with Gasteiger partial charge < -0.3 is 5.32 Å². The van der Waals surface area contributed by atoms with E-state index in [-0.39, 0.29) is 25.3 Å². The molecule has 3 nitrogen and oxygen atoms in total. The Morgan fingerprint density at radius 2 is 2.00 bits per heavy atom. The van der Waals surface area contributed by atoms with E-state index in [4.69, 9.17) is 0 Å². The minimum Gasteiger partial charge on any atom is -0.355 e. The molecule has 0 heterocycles. The lowest BCUT2D eigenvalue weighted by atomic mass is 10.2. The van der Waals surface area contributed by atoms with E-state index in [2.05, 4.69) is 10.6 Å². The standard InChI is InChI=1S/C10H17F3N2O/c1-2-3-6-14-8(16)7-15-9(4-5-9)10(11,12)13/h15H,2-7H2,1H3,(H,14,16). The third kappa shape index (κ3) is 3.37. The van der Waals surface area contributed by atoms with E-state index < -0.39 is 11.7 Å². The smallest absolute Gasteiger partial charge is 0.355 e. The molecule has 0 unspecified atom stereocenters. The molecule has 0 aliphatic heterocycles. The maximum atomic E-state index is 12.5. The van der Waals surface area contributed by atoms with Crippen LogP contribution < -0.4 is 10.6 Å². The first-order chi connectivity index (χ1) is 7.41. The molecule has 6 heteroatoms. The van der Waals surface area contributed by atoms with E-state index in [1.165, 1.54) is 0 Å². The minimum absolute atomic E-state index is 0.0682. The predicted octanol–water partition coefficient (Wildman–Crippen LogP) is 1.59.